The molecule has 3 N–H and O–H groups in total. The van der Waals surface area contributed by atoms with Gasteiger partial charge >= 0.3 is 0 Å². The summed E-state index contributed by atoms with van der Waals surface area (Å²) in [6.45, 7) is 1.03. The molecule has 3 rings (SSSR count). The standard InChI is InChI=1S/C12H15N3S2/c13-8-3-4-10-11(6-8)17-12(15-10)14-7-9-2-1-5-16-9/h3-4,6,9H,1-2,5,7,13H2,(H,14,15). The Hall–Kier alpha value is -0.940. The fraction of sp³-hybridized carbons (Fsp3) is 0.417. The highest BCUT2D eigenvalue weighted by molar-refractivity contribution is 8.00. The van der Waals surface area contributed by atoms with E-state index in [1.54, 1.807) is 11.3 Å². The summed E-state index contributed by atoms with van der Waals surface area (Å²) in [7, 11) is 0. The Balaban J connectivity index is 1.72. The number of fused-ring (bicyclic) bond motifs is 1. The molecule has 2 heterocycles. The van der Waals surface area contributed by atoms with Crippen molar-refractivity contribution in [1.82, 2.24) is 4.98 Å². The minimum Gasteiger partial charge on any atom is -0.399 e. The monoisotopic (exact) mass is 265 g/mol. The van der Waals surface area contributed by atoms with Crippen LogP contribution in [0.1, 0.15) is 12.8 Å². The molecule has 1 atom stereocenters. The predicted octanol–water partition coefficient (Wildman–Crippen LogP) is 3.19. The minimum atomic E-state index is 0.757. The Morgan fingerprint density at radius 1 is 1.47 bits per heavy atom. The highest BCUT2D eigenvalue weighted by Gasteiger charge is 2.15. The second-order valence-corrected chi connectivity index (χ2v) is 6.70. The Kier molecular flexibility index (Phi) is 3.11. The van der Waals surface area contributed by atoms with Crippen LogP contribution in [0.25, 0.3) is 10.2 Å². The molecule has 1 unspecified atom stereocenters. The molecule has 2 aromatic rings. The lowest BCUT2D eigenvalue weighted by Gasteiger charge is -2.07. The van der Waals surface area contributed by atoms with E-state index in [-0.39, 0.29) is 0 Å². The second kappa shape index (κ2) is 4.74. The fourth-order valence-corrected chi connectivity index (χ4v) is 4.15. The van der Waals surface area contributed by atoms with Gasteiger partial charge in [-0.2, -0.15) is 11.8 Å². The van der Waals surface area contributed by atoms with E-state index < -0.39 is 0 Å². The van der Waals surface area contributed by atoms with Gasteiger partial charge in [0.05, 0.1) is 10.2 Å². The number of nitrogens with one attached hydrogen (secondary N) is 1. The normalized spacial score (nSPS) is 19.9. The van der Waals surface area contributed by atoms with E-state index in [2.05, 4.69) is 22.1 Å². The lowest BCUT2D eigenvalue weighted by atomic mass is 10.2. The fourth-order valence-electron chi connectivity index (χ4n) is 2.02. The van der Waals surface area contributed by atoms with Crippen LogP contribution in [0.3, 0.4) is 0 Å². The van der Waals surface area contributed by atoms with Crippen LogP contribution in [-0.2, 0) is 0 Å². The number of hydrogen-bond acceptors (Lipinski definition) is 5. The van der Waals surface area contributed by atoms with Gasteiger partial charge in [0.15, 0.2) is 5.13 Å². The van der Waals surface area contributed by atoms with E-state index in [0.29, 0.717) is 0 Å². The molecule has 1 fully saturated rings. The molecule has 1 saturated heterocycles. The summed E-state index contributed by atoms with van der Waals surface area (Å²) in [5.41, 5.74) is 7.60. The average molecular weight is 265 g/mol. The number of benzene rings is 1. The molecule has 0 saturated carbocycles. The SMILES string of the molecule is Nc1ccc2nc(NCC3CCCS3)sc2c1. The van der Waals surface area contributed by atoms with Crippen molar-refractivity contribution in [1.29, 1.82) is 0 Å². The highest BCUT2D eigenvalue weighted by atomic mass is 32.2. The topological polar surface area (TPSA) is 50.9 Å². The lowest BCUT2D eigenvalue weighted by Crippen LogP contribution is -2.13. The first-order valence-electron chi connectivity index (χ1n) is 5.83. The first-order chi connectivity index (χ1) is 8.31. The molecule has 1 aromatic carbocycles. The maximum Gasteiger partial charge on any atom is 0.183 e. The van der Waals surface area contributed by atoms with Crippen molar-refractivity contribution < 1.29 is 0 Å². The third-order valence-electron chi connectivity index (χ3n) is 2.92. The number of nitrogens with zero attached hydrogens (tertiary/aromatic N) is 1. The quantitative estimate of drug-likeness (QED) is 0.837. The van der Waals surface area contributed by atoms with Gasteiger partial charge in [0.1, 0.15) is 0 Å². The zero-order valence-electron chi connectivity index (χ0n) is 9.48. The summed E-state index contributed by atoms with van der Waals surface area (Å²) >= 11 is 3.75. The van der Waals surface area contributed by atoms with Crippen LogP contribution in [0.15, 0.2) is 18.2 Å². The van der Waals surface area contributed by atoms with E-state index in [1.165, 1.54) is 18.6 Å². The molecule has 90 valence electrons. The number of nitrogen functional groups attached to an aromatic ring is 1. The third kappa shape index (κ3) is 2.50. The van der Waals surface area contributed by atoms with Gasteiger partial charge in [-0.25, -0.2) is 4.98 Å². The smallest absolute Gasteiger partial charge is 0.183 e. The number of thiazole rings is 1. The summed E-state index contributed by atoms with van der Waals surface area (Å²) in [5.74, 6) is 1.31. The largest absolute Gasteiger partial charge is 0.399 e. The van der Waals surface area contributed by atoms with E-state index in [1.807, 2.05) is 18.2 Å². The van der Waals surface area contributed by atoms with Crippen LogP contribution >= 0.6 is 23.1 Å². The van der Waals surface area contributed by atoms with Gasteiger partial charge in [-0.3, -0.25) is 0 Å². The van der Waals surface area contributed by atoms with Crippen LogP contribution in [0.4, 0.5) is 10.8 Å². The molecule has 0 spiro atoms. The van der Waals surface area contributed by atoms with Crippen LogP contribution in [0.2, 0.25) is 0 Å². The summed E-state index contributed by atoms with van der Waals surface area (Å²) in [6.07, 6.45) is 2.68. The molecule has 1 aliphatic rings. The van der Waals surface area contributed by atoms with E-state index >= 15 is 0 Å². The zero-order chi connectivity index (χ0) is 11.7. The van der Waals surface area contributed by atoms with E-state index in [4.69, 9.17) is 5.73 Å². The van der Waals surface area contributed by atoms with Crippen molar-refractivity contribution in [2.45, 2.75) is 18.1 Å². The molecule has 0 radical (unpaired) electrons. The van der Waals surface area contributed by atoms with Gasteiger partial charge < -0.3 is 11.1 Å². The molecular weight excluding hydrogens is 250 g/mol. The lowest BCUT2D eigenvalue weighted by molar-refractivity contribution is 0.805. The van der Waals surface area contributed by atoms with Gasteiger partial charge in [0.2, 0.25) is 0 Å². The Morgan fingerprint density at radius 3 is 3.24 bits per heavy atom. The van der Waals surface area contributed by atoms with Crippen molar-refractivity contribution in [3.05, 3.63) is 18.2 Å². The van der Waals surface area contributed by atoms with Crippen molar-refractivity contribution >= 4 is 44.1 Å². The summed E-state index contributed by atoms with van der Waals surface area (Å²) in [6, 6.07) is 5.87. The molecule has 3 nitrogen and oxygen atoms in total. The van der Waals surface area contributed by atoms with Crippen molar-refractivity contribution in [2.75, 3.05) is 23.3 Å². The van der Waals surface area contributed by atoms with E-state index in [0.717, 1.165) is 32.8 Å². The van der Waals surface area contributed by atoms with Crippen LogP contribution in [0.5, 0.6) is 0 Å². The number of thioether (sulfide) groups is 1. The number of aromatic nitrogens is 1. The molecule has 0 bridgehead atoms. The van der Waals surface area contributed by atoms with Crippen LogP contribution < -0.4 is 11.1 Å². The minimum absolute atomic E-state index is 0.757. The highest BCUT2D eigenvalue weighted by Crippen LogP contribution is 2.29. The van der Waals surface area contributed by atoms with E-state index in [9.17, 15) is 0 Å². The predicted molar refractivity (Wildman–Crippen MR) is 78.0 cm³/mol. The first kappa shape index (κ1) is 11.2. The maximum atomic E-state index is 5.76. The van der Waals surface area contributed by atoms with Crippen molar-refractivity contribution in [2.24, 2.45) is 0 Å². The Labute approximate surface area is 109 Å². The molecule has 0 aliphatic carbocycles. The van der Waals surface area contributed by atoms with Crippen LogP contribution in [-0.4, -0.2) is 22.5 Å². The van der Waals surface area contributed by atoms with Gasteiger partial charge in [0.25, 0.3) is 0 Å². The van der Waals surface area contributed by atoms with Gasteiger partial charge in [-0.05, 0) is 36.8 Å². The summed E-state index contributed by atoms with van der Waals surface area (Å²) in [4.78, 5) is 4.56. The molecule has 1 aliphatic heterocycles. The Bertz CT molecular complexity index is 517. The van der Waals surface area contributed by atoms with Gasteiger partial charge in [-0.15, -0.1) is 0 Å². The number of rotatable bonds is 3. The summed E-state index contributed by atoms with van der Waals surface area (Å²) in [5, 5.41) is 5.21. The maximum absolute atomic E-state index is 5.76. The molecule has 0 amide bonds. The third-order valence-corrected chi connectivity index (χ3v) is 5.29. The van der Waals surface area contributed by atoms with Gasteiger partial charge in [-0.1, -0.05) is 11.3 Å². The molecular formula is C12H15N3S2. The van der Waals surface area contributed by atoms with Crippen LogP contribution in [0, 0.1) is 0 Å². The van der Waals surface area contributed by atoms with Crippen molar-refractivity contribution in [3.63, 3.8) is 0 Å². The number of anilines is 2. The molecule has 5 heteroatoms. The van der Waals surface area contributed by atoms with Crippen molar-refractivity contribution in [3.8, 4) is 0 Å². The second-order valence-electron chi connectivity index (χ2n) is 4.26. The average Bonchev–Trinajstić information content (AvgIpc) is 2.94. The molecule has 17 heavy (non-hydrogen) atoms. The molecule has 1 aromatic heterocycles. The summed E-state index contributed by atoms with van der Waals surface area (Å²) < 4.78 is 1.16. The Morgan fingerprint density at radius 2 is 2.41 bits per heavy atom. The number of hydrogen-bond donors (Lipinski definition) is 2. The number of nitrogens with two attached hydrogens (primary N) is 1. The van der Waals surface area contributed by atoms with Gasteiger partial charge in [0, 0.05) is 17.5 Å². The zero-order valence-corrected chi connectivity index (χ0v) is 11.1. The first-order valence-corrected chi connectivity index (χ1v) is 7.69.